The van der Waals surface area contributed by atoms with Gasteiger partial charge in [0.25, 0.3) is 0 Å². The number of ether oxygens (including phenoxy) is 10. The zero-order valence-electron chi connectivity index (χ0n) is 41.4. The molecule has 4 aliphatic carbocycles. The van der Waals surface area contributed by atoms with Crippen molar-refractivity contribution in [3.63, 3.8) is 0 Å². The molecule has 0 aromatic rings. The summed E-state index contributed by atoms with van der Waals surface area (Å²) in [6.45, 7) is 9.92. The van der Waals surface area contributed by atoms with Gasteiger partial charge in [-0.2, -0.15) is 0 Å². The highest BCUT2D eigenvalue weighted by Crippen LogP contribution is 2.70. The van der Waals surface area contributed by atoms with Crippen LogP contribution in [0, 0.1) is 46.3 Å². The normalized spacial score (nSPS) is 57.4. The van der Waals surface area contributed by atoms with Crippen LogP contribution in [0.3, 0.4) is 0 Å². The van der Waals surface area contributed by atoms with Gasteiger partial charge in [0.05, 0.1) is 44.7 Å². The summed E-state index contributed by atoms with van der Waals surface area (Å²) in [6, 6.07) is 0. The number of rotatable bonds is 10. The predicted octanol–water partition coefficient (Wildman–Crippen LogP) is -1.32. The molecular formula is C50H80O21. The van der Waals surface area contributed by atoms with Gasteiger partial charge in [-0.25, -0.2) is 0 Å². The van der Waals surface area contributed by atoms with E-state index in [9.17, 15) is 56.2 Å². The van der Waals surface area contributed by atoms with Gasteiger partial charge in [0, 0.05) is 12.3 Å². The molecule has 30 unspecified atom stereocenters. The summed E-state index contributed by atoms with van der Waals surface area (Å²) in [5.41, 5.74) is 1.53. The molecule has 71 heavy (non-hydrogen) atoms. The van der Waals surface area contributed by atoms with Crippen LogP contribution in [0.4, 0.5) is 0 Å². The smallest absolute Gasteiger partial charge is 0.187 e. The SMILES string of the molecule is CC1CCC2(OC1)OC1CC3C4CC=C5CC(OC6OC(CO)C(O)C(OC7OCC(OC8OC(C)C(O)C(OC9OC(CO)C(O)C(O)C9O)C8O)C(O)C7O)C6O)CCC5(C)C4CCC3(C)C1C2C. The van der Waals surface area contributed by atoms with Crippen LogP contribution in [-0.4, -0.2) is 217 Å². The highest BCUT2D eigenvalue weighted by molar-refractivity contribution is 5.26. The Morgan fingerprint density at radius 3 is 1.96 bits per heavy atom. The summed E-state index contributed by atoms with van der Waals surface area (Å²) >= 11 is 0. The summed E-state index contributed by atoms with van der Waals surface area (Å²) in [6.07, 6.45) is -18.9. The minimum absolute atomic E-state index is 0.0131. The fourth-order valence-corrected chi connectivity index (χ4v) is 15.2. The number of allylic oxidation sites excluding steroid dienone is 1. The van der Waals surface area contributed by atoms with E-state index >= 15 is 0 Å². The minimum atomic E-state index is -1.85. The number of hydrogen-bond donors (Lipinski definition) is 11. The zero-order valence-corrected chi connectivity index (χ0v) is 41.4. The molecule has 0 radical (unpaired) electrons. The monoisotopic (exact) mass is 1020 g/mol. The Labute approximate surface area is 414 Å². The Morgan fingerprint density at radius 1 is 0.620 bits per heavy atom. The van der Waals surface area contributed by atoms with Crippen LogP contribution in [0.2, 0.25) is 0 Å². The first-order chi connectivity index (χ1) is 33.7. The van der Waals surface area contributed by atoms with E-state index < -0.39 is 142 Å². The second-order valence-electron chi connectivity index (χ2n) is 23.4. The molecule has 11 N–H and O–H groups in total. The van der Waals surface area contributed by atoms with Crippen LogP contribution >= 0.6 is 0 Å². The molecule has 21 heteroatoms. The maximum Gasteiger partial charge on any atom is 0.187 e. The van der Waals surface area contributed by atoms with Gasteiger partial charge in [-0.05, 0) is 98.7 Å². The predicted molar refractivity (Wildman–Crippen MR) is 241 cm³/mol. The van der Waals surface area contributed by atoms with Crippen molar-refractivity contribution in [2.24, 2.45) is 46.3 Å². The lowest BCUT2D eigenvalue weighted by molar-refractivity contribution is -0.378. The first-order valence-electron chi connectivity index (χ1n) is 26.3. The van der Waals surface area contributed by atoms with E-state index in [1.54, 1.807) is 0 Å². The quantitative estimate of drug-likeness (QED) is 0.113. The van der Waals surface area contributed by atoms with Crippen molar-refractivity contribution < 1.29 is 104 Å². The average molecular weight is 1020 g/mol. The van der Waals surface area contributed by atoms with E-state index in [1.165, 1.54) is 12.5 Å². The third kappa shape index (κ3) is 9.12. The molecule has 10 rings (SSSR count). The van der Waals surface area contributed by atoms with Crippen LogP contribution in [0.5, 0.6) is 0 Å². The first-order valence-corrected chi connectivity index (χ1v) is 26.3. The van der Waals surface area contributed by atoms with E-state index in [4.69, 9.17) is 47.4 Å². The van der Waals surface area contributed by atoms with Crippen molar-refractivity contribution in [1.29, 1.82) is 0 Å². The second-order valence-corrected chi connectivity index (χ2v) is 23.4. The molecule has 6 aliphatic heterocycles. The number of aliphatic hydroxyl groups excluding tert-OH is 11. The molecule has 0 aromatic heterocycles. The van der Waals surface area contributed by atoms with Gasteiger partial charge in [0.2, 0.25) is 0 Å². The van der Waals surface area contributed by atoms with Gasteiger partial charge in [0.15, 0.2) is 30.9 Å². The van der Waals surface area contributed by atoms with Gasteiger partial charge < -0.3 is 104 Å². The highest BCUT2D eigenvalue weighted by Gasteiger charge is 2.69. The molecule has 1 spiro atoms. The molecule has 3 saturated carbocycles. The fraction of sp³-hybridized carbons (Fsp3) is 0.960. The van der Waals surface area contributed by atoms with Crippen molar-refractivity contribution >= 4 is 0 Å². The maximum absolute atomic E-state index is 11.7. The van der Waals surface area contributed by atoms with Crippen molar-refractivity contribution in [1.82, 2.24) is 0 Å². The molecule has 6 saturated heterocycles. The molecular weight excluding hydrogens is 937 g/mol. The summed E-state index contributed by atoms with van der Waals surface area (Å²) in [7, 11) is 0. The molecule has 10 aliphatic rings. The van der Waals surface area contributed by atoms with Gasteiger partial charge >= 0.3 is 0 Å². The molecule has 9 fully saturated rings. The lowest BCUT2D eigenvalue weighted by Gasteiger charge is -2.58. The maximum atomic E-state index is 11.7. The second kappa shape index (κ2) is 20.4. The molecule has 0 bridgehead atoms. The third-order valence-corrected chi connectivity index (χ3v) is 19.4. The van der Waals surface area contributed by atoms with Crippen LogP contribution in [0.25, 0.3) is 0 Å². The van der Waals surface area contributed by atoms with Gasteiger partial charge in [-0.1, -0.05) is 39.3 Å². The summed E-state index contributed by atoms with van der Waals surface area (Å²) in [5.74, 6) is 2.60. The largest absolute Gasteiger partial charge is 0.394 e. The molecule has 21 nitrogen and oxygen atoms in total. The van der Waals surface area contributed by atoms with Crippen LogP contribution < -0.4 is 0 Å². The van der Waals surface area contributed by atoms with Crippen LogP contribution in [0.15, 0.2) is 11.6 Å². The van der Waals surface area contributed by atoms with Gasteiger partial charge in [-0.3, -0.25) is 0 Å². The summed E-state index contributed by atoms with van der Waals surface area (Å²) < 4.78 is 60.3. The lowest BCUT2D eigenvalue weighted by atomic mass is 9.47. The minimum Gasteiger partial charge on any atom is -0.394 e. The number of aliphatic hydroxyl groups is 11. The van der Waals surface area contributed by atoms with E-state index in [0.717, 1.165) is 51.6 Å². The van der Waals surface area contributed by atoms with Gasteiger partial charge in [-0.15, -0.1) is 0 Å². The molecule has 0 amide bonds. The van der Waals surface area contributed by atoms with Crippen molar-refractivity contribution in [3.8, 4) is 0 Å². The molecule has 30 atom stereocenters. The average Bonchev–Trinajstić information content (AvgIpc) is 3.80. The van der Waals surface area contributed by atoms with E-state index in [1.807, 2.05) is 0 Å². The first kappa shape index (κ1) is 53.3. The Morgan fingerprint density at radius 2 is 1.27 bits per heavy atom. The number of fused-ring (bicyclic) bond motifs is 7. The van der Waals surface area contributed by atoms with Crippen molar-refractivity contribution in [3.05, 3.63) is 11.6 Å². The Hall–Kier alpha value is -1.10. The molecule has 406 valence electrons. The summed E-state index contributed by atoms with van der Waals surface area (Å²) in [5, 5.41) is 118. The standard InChI is InChI=1S/C50H80O21/c1-20-8-13-50(63-18-20)21(2)32-28(71-50)15-27-25-7-6-23-14-24(9-11-48(23,4)26(25)10-12-49(27,32)5)65-47-41(61)43(36(56)30(17-52)67-47)69-44-38(58)35(55)31(19-62-44)68-46-40(60)42(33(53)22(3)64-46)70-45-39(59)37(57)34(54)29(16-51)66-45/h6,20-22,24-47,51-61H,7-19H2,1-5H3. The Kier molecular flexibility index (Phi) is 15.3. The van der Waals surface area contributed by atoms with E-state index in [0.29, 0.717) is 48.3 Å². The zero-order chi connectivity index (χ0) is 50.6. The lowest BCUT2D eigenvalue weighted by Crippen LogP contribution is -2.65. The van der Waals surface area contributed by atoms with Gasteiger partial charge in [0.1, 0.15) is 85.5 Å². The Balaban J connectivity index is 0.749. The Bertz CT molecular complexity index is 1870. The number of hydrogen-bond acceptors (Lipinski definition) is 21. The third-order valence-electron chi connectivity index (χ3n) is 19.4. The highest BCUT2D eigenvalue weighted by atomic mass is 16.8. The van der Waals surface area contributed by atoms with Crippen LogP contribution in [-0.2, 0) is 47.4 Å². The fourth-order valence-electron chi connectivity index (χ4n) is 15.2. The summed E-state index contributed by atoms with van der Waals surface area (Å²) in [4.78, 5) is 0. The topological polar surface area (TPSA) is 315 Å². The van der Waals surface area contributed by atoms with Crippen LogP contribution in [0.1, 0.15) is 92.4 Å². The van der Waals surface area contributed by atoms with E-state index in [2.05, 4.69) is 33.8 Å². The van der Waals surface area contributed by atoms with E-state index in [-0.39, 0.29) is 23.0 Å². The molecule has 0 aromatic carbocycles. The van der Waals surface area contributed by atoms with Crippen molar-refractivity contribution in [2.45, 2.75) is 227 Å². The molecule has 6 heterocycles. The van der Waals surface area contributed by atoms with Crippen molar-refractivity contribution in [2.75, 3.05) is 26.4 Å².